The number of carbonyl (C=O) groups excluding carboxylic acids is 1. The van der Waals surface area contributed by atoms with Crippen molar-refractivity contribution in [1.82, 2.24) is 14.4 Å². The largest absolute Gasteiger partial charge is 0.336 e. The molecule has 6 heteroatoms. The van der Waals surface area contributed by atoms with Gasteiger partial charge in [0.1, 0.15) is 10.8 Å². The molecule has 0 unspecified atom stereocenters. The monoisotopic (exact) mass is 371 g/mol. The molecule has 0 aromatic carbocycles. The van der Waals surface area contributed by atoms with Crippen LogP contribution in [0.15, 0.2) is 6.07 Å². The molecule has 1 saturated carbocycles. The molecule has 0 radical (unpaired) electrons. The molecule has 1 aliphatic carbocycles. The Balaban J connectivity index is 1.58. The summed E-state index contributed by atoms with van der Waals surface area (Å²) in [6.45, 7) is 4.85. The van der Waals surface area contributed by atoms with E-state index in [0.29, 0.717) is 15.9 Å². The van der Waals surface area contributed by atoms with Crippen molar-refractivity contribution >= 4 is 29.1 Å². The summed E-state index contributed by atoms with van der Waals surface area (Å²) in [5.41, 5.74) is 0.575. The molecular formula is C18H27Cl2N3O. The predicted molar refractivity (Wildman–Crippen MR) is 99.0 cm³/mol. The number of hydrogen-bond donors (Lipinski definition) is 0. The van der Waals surface area contributed by atoms with Gasteiger partial charge in [-0.25, -0.2) is 0 Å². The minimum atomic E-state index is 0.0332. The topological polar surface area (TPSA) is 28.5 Å². The summed E-state index contributed by atoms with van der Waals surface area (Å²) >= 11 is 12.1. The van der Waals surface area contributed by atoms with Crippen molar-refractivity contribution in [2.75, 3.05) is 32.7 Å². The second kappa shape index (κ2) is 8.11. The first-order chi connectivity index (χ1) is 11.6. The normalized spacial score (nSPS) is 21.0. The van der Waals surface area contributed by atoms with Gasteiger partial charge in [-0.2, -0.15) is 0 Å². The van der Waals surface area contributed by atoms with Crippen LogP contribution in [0.3, 0.4) is 0 Å². The molecule has 2 heterocycles. The van der Waals surface area contributed by atoms with Gasteiger partial charge < -0.3 is 14.4 Å². The third-order valence-electron chi connectivity index (χ3n) is 5.45. The van der Waals surface area contributed by atoms with E-state index in [1.54, 1.807) is 17.7 Å². The lowest BCUT2D eigenvalue weighted by atomic mass is 9.89. The van der Waals surface area contributed by atoms with Gasteiger partial charge in [-0.3, -0.25) is 4.79 Å². The Morgan fingerprint density at radius 2 is 1.83 bits per heavy atom. The second-order valence-corrected chi connectivity index (χ2v) is 7.94. The van der Waals surface area contributed by atoms with Crippen molar-refractivity contribution in [1.29, 1.82) is 0 Å². The van der Waals surface area contributed by atoms with Crippen molar-refractivity contribution in [3.63, 3.8) is 0 Å². The Hall–Kier alpha value is -0.710. The maximum atomic E-state index is 12.8. The van der Waals surface area contributed by atoms with Gasteiger partial charge in [0, 0.05) is 33.2 Å². The Morgan fingerprint density at radius 3 is 2.50 bits per heavy atom. The standard InChI is InChI=1S/C18H27Cl2N3O/c1-21-16(12-15(19)17(21)20)18(24)23-9-5-8-22(10-11-23)13-14-6-3-2-4-7-14/h12,14H,2-11,13H2,1H3. The average Bonchev–Trinajstić information content (AvgIpc) is 2.77. The predicted octanol–water partition coefficient (Wildman–Crippen LogP) is 4.06. The third-order valence-corrected chi connectivity index (χ3v) is 6.29. The number of nitrogens with zero attached hydrogens (tertiary/aromatic N) is 3. The number of carbonyl (C=O) groups is 1. The van der Waals surface area contributed by atoms with Crippen LogP contribution in [0.25, 0.3) is 0 Å². The molecule has 0 bridgehead atoms. The number of aromatic nitrogens is 1. The van der Waals surface area contributed by atoms with E-state index in [4.69, 9.17) is 23.2 Å². The summed E-state index contributed by atoms with van der Waals surface area (Å²) in [4.78, 5) is 17.3. The molecule has 2 fully saturated rings. The van der Waals surface area contributed by atoms with E-state index in [1.807, 2.05) is 4.90 Å². The van der Waals surface area contributed by atoms with Crippen molar-refractivity contribution < 1.29 is 4.79 Å². The summed E-state index contributed by atoms with van der Waals surface area (Å²) < 4.78 is 1.68. The highest BCUT2D eigenvalue weighted by Crippen LogP contribution is 2.27. The van der Waals surface area contributed by atoms with Gasteiger partial charge in [0.15, 0.2) is 0 Å². The van der Waals surface area contributed by atoms with Gasteiger partial charge in [0.2, 0.25) is 0 Å². The van der Waals surface area contributed by atoms with Gasteiger partial charge in [-0.15, -0.1) is 0 Å². The van der Waals surface area contributed by atoms with Crippen LogP contribution in [0.5, 0.6) is 0 Å². The van der Waals surface area contributed by atoms with Crippen LogP contribution in [0, 0.1) is 5.92 Å². The summed E-state index contributed by atoms with van der Waals surface area (Å²) in [5.74, 6) is 0.886. The minimum absolute atomic E-state index is 0.0332. The molecule has 134 valence electrons. The Bertz CT molecular complexity index is 581. The van der Waals surface area contributed by atoms with Crippen molar-refractivity contribution in [3.8, 4) is 0 Å². The third kappa shape index (κ3) is 4.09. The summed E-state index contributed by atoms with van der Waals surface area (Å²) in [6, 6.07) is 1.68. The average molecular weight is 372 g/mol. The fraction of sp³-hybridized carbons (Fsp3) is 0.722. The highest BCUT2D eigenvalue weighted by molar-refractivity contribution is 6.41. The SMILES string of the molecule is Cn1c(C(=O)N2CCCN(CC3CCCCC3)CC2)cc(Cl)c1Cl. The fourth-order valence-corrected chi connectivity index (χ4v) is 4.38. The van der Waals surface area contributed by atoms with Gasteiger partial charge in [0.05, 0.1) is 5.02 Å². The summed E-state index contributed by atoms with van der Waals surface area (Å²) in [7, 11) is 1.79. The van der Waals surface area contributed by atoms with Crippen LogP contribution >= 0.6 is 23.2 Å². The Morgan fingerprint density at radius 1 is 1.08 bits per heavy atom. The maximum absolute atomic E-state index is 12.8. The fourth-order valence-electron chi connectivity index (χ4n) is 4.00. The minimum Gasteiger partial charge on any atom is -0.336 e. The van der Waals surface area contributed by atoms with E-state index >= 15 is 0 Å². The Labute approximate surface area is 154 Å². The number of rotatable bonds is 3. The smallest absolute Gasteiger partial charge is 0.270 e. The number of halogens is 2. The van der Waals surface area contributed by atoms with Crippen molar-refractivity contribution in [2.45, 2.75) is 38.5 Å². The quantitative estimate of drug-likeness (QED) is 0.801. The van der Waals surface area contributed by atoms with Crippen molar-refractivity contribution in [2.24, 2.45) is 13.0 Å². The van der Waals surface area contributed by atoms with Gasteiger partial charge in [0.25, 0.3) is 5.91 Å². The van der Waals surface area contributed by atoms with Crippen LogP contribution in [-0.2, 0) is 7.05 Å². The lowest BCUT2D eigenvalue weighted by molar-refractivity contribution is 0.0750. The van der Waals surface area contributed by atoms with E-state index in [1.165, 1.54) is 38.6 Å². The zero-order valence-electron chi connectivity index (χ0n) is 14.4. The van der Waals surface area contributed by atoms with Crippen LogP contribution in [0.1, 0.15) is 49.0 Å². The molecule has 24 heavy (non-hydrogen) atoms. The first kappa shape index (κ1) is 18.1. The zero-order valence-corrected chi connectivity index (χ0v) is 16.0. The molecule has 1 aliphatic heterocycles. The van der Waals surface area contributed by atoms with E-state index in [-0.39, 0.29) is 5.91 Å². The molecule has 3 rings (SSSR count). The van der Waals surface area contributed by atoms with E-state index in [9.17, 15) is 4.79 Å². The molecule has 1 amide bonds. The number of amides is 1. The van der Waals surface area contributed by atoms with Crippen LogP contribution in [0.2, 0.25) is 10.2 Å². The van der Waals surface area contributed by atoms with Gasteiger partial charge in [-0.05, 0) is 37.8 Å². The van der Waals surface area contributed by atoms with E-state index in [2.05, 4.69) is 4.90 Å². The Kier molecular flexibility index (Phi) is 6.12. The lowest BCUT2D eigenvalue weighted by Crippen LogP contribution is -2.37. The number of hydrogen-bond acceptors (Lipinski definition) is 2. The molecule has 0 spiro atoms. The molecule has 1 saturated heterocycles. The van der Waals surface area contributed by atoms with Crippen LogP contribution < -0.4 is 0 Å². The molecule has 1 aromatic rings. The first-order valence-electron chi connectivity index (χ1n) is 9.08. The molecule has 1 aromatic heterocycles. The summed E-state index contributed by atoms with van der Waals surface area (Å²) in [5, 5.41) is 0.866. The molecule has 0 atom stereocenters. The highest BCUT2D eigenvalue weighted by atomic mass is 35.5. The molecule has 4 nitrogen and oxygen atoms in total. The maximum Gasteiger partial charge on any atom is 0.270 e. The zero-order chi connectivity index (χ0) is 17.1. The lowest BCUT2D eigenvalue weighted by Gasteiger charge is -2.28. The van der Waals surface area contributed by atoms with E-state index in [0.717, 1.165) is 38.5 Å². The van der Waals surface area contributed by atoms with E-state index < -0.39 is 0 Å². The molecular weight excluding hydrogens is 345 g/mol. The molecule has 2 aliphatic rings. The van der Waals surface area contributed by atoms with Gasteiger partial charge in [-0.1, -0.05) is 42.5 Å². The molecule has 0 N–H and O–H groups in total. The van der Waals surface area contributed by atoms with Gasteiger partial charge >= 0.3 is 0 Å². The highest BCUT2D eigenvalue weighted by Gasteiger charge is 2.25. The summed E-state index contributed by atoms with van der Waals surface area (Å²) in [6.07, 6.45) is 7.96. The van der Waals surface area contributed by atoms with Crippen LogP contribution in [-0.4, -0.2) is 53.0 Å². The second-order valence-electron chi connectivity index (χ2n) is 7.18. The van der Waals surface area contributed by atoms with Crippen LogP contribution in [0.4, 0.5) is 0 Å². The first-order valence-corrected chi connectivity index (χ1v) is 9.84. The van der Waals surface area contributed by atoms with Crippen molar-refractivity contribution in [3.05, 3.63) is 21.9 Å².